The highest BCUT2D eigenvalue weighted by Crippen LogP contribution is 2.30. The van der Waals surface area contributed by atoms with Gasteiger partial charge in [-0.25, -0.2) is 9.78 Å². The molecule has 2 saturated heterocycles. The van der Waals surface area contributed by atoms with Crippen molar-refractivity contribution in [3.05, 3.63) is 66.2 Å². The van der Waals surface area contributed by atoms with Crippen molar-refractivity contribution in [3.63, 3.8) is 0 Å². The van der Waals surface area contributed by atoms with E-state index in [1.54, 1.807) is 7.11 Å². The molecule has 8 nitrogen and oxygen atoms in total. The van der Waals surface area contributed by atoms with Crippen molar-refractivity contribution in [2.45, 2.75) is 12.0 Å². The highest BCUT2D eigenvalue weighted by molar-refractivity contribution is 5.96. The van der Waals surface area contributed by atoms with Gasteiger partial charge in [0.05, 0.1) is 37.1 Å². The summed E-state index contributed by atoms with van der Waals surface area (Å²) in [6.45, 7) is 5.97. The lowest BCUT2D eigenvalue weighted by Gasteiger charge is -2.30. The summed E-state index contributed by atoms with van der Waals surface area (Å²) in [5, 5.41) is 7.37. The molecule has 2 fully saturated rings. The van der Waals surface area contributed by atoms with Crippen molar-refractivity contribution >= 4 is 28.4 Å². The summed E-state index contributed by atoms with van der Waals surface area (Å²) in [7, 11) is 1.72. The van der Waals surface area contributed by atoms with Crippen LogP contribution in [-0.2, 0) is 9.47 Å². The second kappa shape index (κ2) is 11.0. The Morgan fingerprint density at radius 2 is 1.86 bits per heavy atom. The number of carbonyl (C=O) groups is 1. The van der Waals surface area contributed by atoms with Crippen molar-refractivity contribution in [2.24, 2.45) is 0 Å². The van der Waals surface area contributed by atoms with Crippen LogP contribution in [0.5, 0.6) is 0 Å². The number of fused-ring (bicyclic) bond motifs is 1. The molecule has 184 valence electrons. The quantitative estimate of drug-likeness (QED) is 0.546. The Hall–Kier alpha value is -3.20. The normalized spacial score (nSPS) is 20.8. The van der Waals surface area contributed by atoms with E-state index >= 15 is 0 Å². The zero-order valence-electron chi connectivity index (χ0n) is 20.2. The van der Waals surface area contributed by atoms with E-state index in [0.717, 1.165) is 49.4 Å². The minimum Gasteiger partial charge on any atom is -0.383 e. The topological polar surface area (TPSA) is 79.0 Å². The van der Waals surface area contributed by atoms with Gasteiger partial charge in [0, 0.05) is 51.1 Å². The molecule has 35 heavy (non-hydrogen) atoms. The Balaban J connectivity index is 1.36. The maximum atomic E-state index is 13.3. The molecular weight excluding hydrogens is 442 g/mol. The summed E-state index contributed by atoms with van der Waals surface area (Å²) >= 11 is 0. The zero-order valence-corrected chi connectivity index (χ0v) is 20.2. The number of rotatable bonds is 7. The van der Waals surface area contributed by atoms with Crippen molar-refractivity contribution in [1.29, 1.82) is 0 Å². The summed E-state index contributed by atoms with van der Waals surface area (Å²) in [4.78, 5) is 22.7. The van der Waals surface area contributed by atoms with Crippen LogP contribution in [0.3, 0.4) is 0 Å². The number of carbonyl (C=O) groups excluding carboxylic acids is 1. The smallest absolute Gasteiger partial charge is 0.319 e. The molecule has 0 aliphatic carbocycles. The average Bonchev–Trinajstić information content (AvgIpc) is 3.30. The number of aromatic nitrogens is 1. The third-order valence-corrected chi connectivity index (χ3v) is 6.81. The van der Waals surface area contributed by atoms with E-state index in [4.69, 9.17) is 14.5 Å². The lowest BCUT2D eigenvalue weighted by Crippen LogP contribution is -2.43. The number of ether oxygens (including phenoxy) is 2. The Bertz CT molecular complexity index is 1140. The number of nitrogens with one attached hydrogen (secondary N) is 2. The van der Waals surface area contributed by atoms with E-state index in [2.05, 4.69) is 44.7 Å². The number of methoxy groups -OCH3 is 1. The Labute approximate surface area is 206 Å². The van der Waals surface area contributed by atoms with Crippen molar-refractivity contribution in [3.8, 4) is 0 Å². The predicted octanol–water partition coefficient (Wildman–Crippen LogP) is 3.31. The third-order valence-electron chi connectivity index (χ3n) is 6.81. The first-order chi connectivity index (χ1) is 17.2. The molecule has 3 heterocycles. The lowest BCUT2D eigenvalue weighted by atomic mass is 9.94. The summed E-state index contributed by atoms with van der Waals surface area (Å²) in [6.07, 6.45) is 0. The number of urea groups is 1. The van der Waals surface area contributed by atoms with Gasteiger partial charge < -0.3 is 25.0 Å². The minimum atomic E-state index is -0.212. The number of para-hydroxylation sites is 1. The van der Waals surface area contributed by atoms with Crippen LogP contribution in [0, 0.1) is 0 Å². The monoisotopic (exact) mass is 475 g/mol. The molecule has 2 amide bonds. The van der Waals surface area contributed by atoms with Crippen LogP contribution in [0.2, 0.25) is 0 Å². The number of likely N-dealkylation sites (tertiary alicyclic amines) is 1. The fourth-order valence-corrected chi connectivity index (χ4v) is 5.01. The first-order valence-electron chi connectivity index (χ1n) is 12.3. The molecule has 2 N–H and O–H groups in total. The van der Waals surface area contributed by atoms with Gasteiger partial charge in [-0.3, -0.25) is 4.90 Å². The van der Waals surface area contributed by atoms with E-state index in [-0.39, 0.29) is 18.0 Å². The Morgan fingerprint density at radius 3 is 2.66 bits per heavy atom. The molecule has 2 aliphatic heterocycles. The van der Waals surface area contributed by atoms with Gasteiger partial charge >= 0.3 is 6.03 Å². The Morgan fingerprint density at radius 1 is 1.09 bits per heavy atom. The maximum absolute atomic E-state index is 13.3. The molecule has 2 aromatic carbocycles. The van der Waals surface area contributed by atoms with Crippen LogP contribution < -0.4 is 15.5 Å². The van der Waals surface area contributed by atoms with Crippen LogP contribution in [0.4, 0.5) is 16.3 Å². The van der Waals surface area contributed by atoms with Gasteiger partial charge in [-0.1, -0.05) is 48.5 Å². The second-order valence-corrected chi connectivity index (χ2v) is 9.13. The molecule has 8 heteroatoms. The van der Waals surface area contributed by atoms with Crippen molar-refractivity contribution in [2.75, 3.05) is 69.9 Å². The van der Waals surface area contributed by atoms with Crippen molar-refractivity contribution in [1.82, 2.24) is 15.2 Å². The summed E-state index contributed by atoms with van der Waals surface area (Å²) in [5.74, 6) is 1.00. The number of hydrogen-bond donors (Lipinski definition) is 2. The molecule has 0 unspecified atom stereocenters. The first-order valence-corrected chi connectivity index (χ1v) is 12.3. The highest BCUT2D eigenvalue weighted by Gasteiger charge is 2.34. The standard InChI is InChI=1S/C27H33N5O3/c1-34-14-11-31-18-22(20-7-3-2-4-8-20)25(19-31)30-27(33)29-24-17-21-9-5-6-10-23(21)28-26(24)32-12-15-35-16-13-32/h2-10,17,22,25H,11-16,18-19H2,1H3,(H2,29,30,33)/t22-,25+/m0/s1. The third kappa shape index (κ3) is 5.56. The number of anilines is 2. The number of nitrogens with zero attached hydrogens (tertiary/aromatic N) is 3. The van der Waals surface area contributed by atoms with Crippen LogP contribution in [0.1, 0.15) is 11.5 Å². The molecule has 0 bridgehead atoms. The van der Waals surface area contributed by atoms with Crippen LogP contribution in [-0.4, -0.2) is 81.6 Å². The highest BCUT2D eigenvalue weighted by atomic mass is 16.5. The van der Waals surface area contributed by atoms with Crippen LogP contribution in [0.15, 0.2) is 60.7 Å². The molecular formula is C27H33N5O3. The van der Waals surface area contributed by atoms with Gasteiger partial charge in [0.1, 0.15) is 0 Å². The van der Waals surface area contributed by atoms with Gasteiger partial charge in [0.2, 0.25) is 0 Å². The zero-order chi connectivity index (χ0) is 24.0. The largest absolute Gasteiger partial charge is 0.383 e. The number of hydrogen-bond acceptors (Lipinski definition) is 6. The van der Waals surface area contributed by atoms with Gasteiger partial charge in [0.15, 0.2) is 5.82 Å². The number of morpholine rings is 1. The van der Waals surface area contributed by atoms with Gasteiger partial charge in [-0.2, -0.15) is 0 Å². The average molecular weight is 476 g/mol. The summed E-state index contributed by atoms with van der Waals surface area (Å²) in [6, 6.07) is 20.2. The van der Waals surface area contributed by atoms with Crippen molar-refractivity contribution < 1.29 is 14.3 Å². The molecule has 5 rings (SSSR count). The first kappa shape index (κ1) is 23.5. The summed E-state index contributed by atoms with van der Waals surface area (Å²) < 4.78 is 10.8. The van der Waals surface area contributed by atoms with E-state index < -0.39 is 0 Å². The fourth-order valence-electron chi connectivity index (χ4n) is 5.01. The van der Waals surface area contributed by atoms with Crippen LogP contribution in [0.25, 0.3) is 10.9 Å². The summed E-state index contributed by atoms with van der Waals surface area (Å²) in [5.41, 5.74) is 2.86. The molecule has 0 radical (unpaired) electrons. The Kier molecular flexibility index (Phi) is 7.42. The van der Waals surface area contributed by atoms with Gasteiger partial charge in [-0.05, 0) is 17.7 Å². The van der Waals surface area contributed by atoms with Gasteiger partial charge in [0.25, 0.3) is 0 Å². The molecule has 1 aromatic heterocycles. The SMILES string of the molecule is COCCN1C[C@@H](NC(=O)Nc2cc3ccccc3nc2N2CCOCC2)[C@H](c2ccccc2)C1. The lowest BCUT2D eigenvalue weighted by molar-refractivity contribution is 0.122. The molecule has 3 aromatic rings. The molecule has 2 atom stereocenters. The fraction of sp³-hybridized carbons (Fsp3) is 0.407. The van der Waals surface area contributed by atoms with E-state index in [9.17, 15) is 4.79 Å². The van der Waals surface area contributed by atoms with E-state index in [1.807, 2.05) is 36.4 Å². The van der Waals surface area contributed by atoms with E-state index in [1.165, 1.54) is 5.56 Å². The number of benzene rings is 2. The van der Waals surface area contributed by atoms with Crippen LogP contribution >= 0.6 is 0 Å². The maximum Gasteiger partial charge on any atom is 0.319 e. The van der Waals surface area contributed by atoms with Gasteiger partial charge in [-0.15, -0.1) is 0 Å². The number of amides is 2. The second-order valence-electron chi connectivity index (χ2n) is 9.13. The number of pyridine rings is 1. The molecule has 0 saturated carbocycles. The predicted molar refractivity (Wildman–Crippen MR) is 138 cm³/mol. The molecule has 0 spiro atoms. The van der Waals surface area contributed by atoms with E-state index in [0.29, 0.717) is 25.5 Å². The molecule has 2 aliphatic rings. The minimum absolute atomic E-state index is 0.00508.